The predicted octanol–water partition coefficient (Wildman–Crippen LogP) is 6.55. The van der Waals surface area contributed by atoms with Gasteiger partial charge in [0.1, 0.15) is 0 Å². The monoisotopic (exact) mass is 503 g/mol. The third kappa shape index (κ3) is 5.68. The van der Waals surface area contributed by atoms with Gasteiger partial charge in [-0.05, 0) is 67.5 Å². The van der Waals surface area contributed by atoms with Gasteiger partial charge in [-0.15, -0.1) is 6.58 Å². The van der Waals surface area contributed by atoms with Gasteiger partial charge in [0.2, 0.25) is 5.91 Å². The summed E-state index contributed by atoms with van der Waals surface area (Å²) in [5.41, 5.74) is 1.36. The molecule has 1 aliphatic rings. The summed E-state index contributed by atoms with van der Waals surface area (Å²) in [5, 5.41) is 21.8. The molecule has 0 spiro atoms. The fourth-order valence-electron chi connectivity index (χ4n) is 5.40. The summed E-state index contributed by atoms with van der Waals surface area (Å²) in [6.45, 7) is 7.90. The minimum Gasteiger partial charge on any atom is -0.396 e. The molecule has 0 aliphatic carbocycles. The van der Waals surface area contributed by atoms with E-state index in [-0.39, 0.29) is 24.5 Å². The maximum absolute atomic E-state index is 14.2. The van der Waals surface area contributed by atoms with Crippen molar-refractivity contribution < 1.29 is 15.0 Å². The summed E-state index contributed by atoms with van der Waals surface area (Å²) in [6.07, 6.45) is 3.72. The molecule has 1 heterocycles. The van der Waals surface area contributed by atoms with Crippen LogP contribution in [-0.4, -0.2) is 39.8 Å². The molecule has 0 aromatic heterocycles. The van der Waals surface area contributed by atoms with Crippen LogP contribution in [0.3, 0.4) is 0 Å². The fourth-order valence-corrected chi connectivity index (χ4v) is 5.72. The number of halogens is 2. The van der Waals surface area contributed by atoms with Crippen molar-refractivity contribution in [1.29, 1.82) is 0 Å². The van der Waals surface area contributed by atoms with Crippen LogP contribution in [0.15, 0.2) is 61.2 Å². The Bertz CT molecular complexity index is 980. The lowest BCUT2D eigenvalue weighted by Gasteiger charge is -2.53. The molecular formula is C28H35Cl2NO3. The average Bonchev–Trinajstić information content (AvgIpc) is 2.81. The van der Waals surface area contributed by atoms with Gasteiger partial charge in [0.05, 0.1) is 23.6 Å². The highest BCUT2D eigenvalue weighted by molar-refractivity contribution is 6.30. The second-order valence-electron chi connectivity index (χ2n) is 9.54. The first kappa shape index (κ1) is 26.7. The van der Waals surface area contributed by atoms with E-state index in [1.54, 1.807) is 6.08 Å². The van der Waals surface area contributed by atoms with Crippen LogP contribution in [0.1, 0.15) is 69.0 Å². The van der Waals surface area contributed by atoms with E-state index in [1.807, 2.05) is 61.2 Å². The molecule has 184 valence electrons. The molecule has 1 saturated heterocycles. The molecule has 5 atom stereocenters. The summed E-state index contributed by atoms with van der Waals surface area (Å²) >= 11 is 12.6. The molecule has 3 rings (SSSR count). The van der Waals surface area contributed by atoms with Gasteiger partial charge in [0.15, 0.2) is 0 Å². The number of aliphatic hydroxyl groups is 2. The number of hydrogen-bond donors (Lipinski definition) is 2. The molecule has 2 aromatic carbocycles. The van der Waals surface area contributed by atoms with E-state index >= 15 is 0 Å². The zero-order chi connectivity index (χ0) is 24.9. The Morgan fingerprint density at radius 2 is 1.88 bits per heavy atom. The standard InChI is InChI=1S/C28H35Cl2NO3/c1-4-15-28(3)18-23(20-8-6-9-22(30)17-20)26(19-11-13-21(29)14-12-19)31(27(28)34)24(5-2)25(33)10-7-16-32/h4,6,8-9,11-14,17,23-26,32-33H,1,5,7,10,15-16,18H2,2-3H3. The summed E-state index contributed by atoms with van der Waals surface area (Å²) in [7, 11) is 0. The van der Waals surface area contributed by atoms with E-state index in [1.165, 1.54) is 0 Å². The van der Waals surface area contributed by atoms with Gasteiger partial charge >= 0.3 is 0 Å². The van der Waals surface area contributed by atoms with Crippen LogP contribution in [0.2, 0.25) is 10.0 Å². The molecule has 0 bridgehead atoms. The highest BCUT2D eigenvalue weighted by Crippen LogP contribution is 2.52. The molecule has 1 aliphatic heterocycles. The van der Waals surface area contributed by atoms with Gasteiger partial charge in [-0.25, -0.2) is 0 Å². The Hall–Kier alpha value is -1.85. The quantitative estimate of drug-likeness (QED) is 0.361. The number of likely N-dealkylation sites (tertiary alicyclic amines) is 1. The van der Waals surface area contributed by atoms with Crippen LogP contribution in [0.4, 0.5) is 0 Å². The molecule has 2 N–H and O–H groups in total. The normalized spacial score (nSPS) is 24.6. The van der Waals surface area contributed by atoms with E-state index in [9.17, 15) is 15.0 Å². The minimum atomic E-state index is -0.748. The maximum atomic E-state index is 14.2. The fraction of sp³-hybridized carbons (Fsp3) is 0.464. The number of aliphatic hydroxyl groups excluding tert-OH is 2. The number of carbonyl (C=O) groups is 1. The smallest absolute Gasteiger partial charge is 0.229 e. The van der Waals surface area contributed by atoms with Crippen molar-refractivity contribution in [3.05, 3.63) is 82.4 Å². The Labute approximate surface area is 213 Å². The van der Waals surface area contributed by atoms with Gasteiger partial charge in [-0.2, -0.15) is 0 Å². The maximum Gasteiger partial charge on any atom is 0.229 e. The number of amides is 1. The number of hydrogen-bond acceptors (Lipinski definition) is 3. The van der Waals surface area contributed by atoms with Crippen molar-refractivity contribution >= 4 is 29.1 Å². The Morgan fingerprint density at radius 1 is 1.18 bits per heavy atom. The van der Waals surface area contributed by atoms with Gasteiger partial charge in [-0.3, -0.25) is 4.79 Å². The first-order valence-corrected chi connectivity index (χ1v) is 12.7. The second kappa shape index (κ2) is 11.7. The van der Waals surface area contributed by atoms with Crippen molar-refractivity contribution in [3.63, 3.8) is 0 Å². The van der Waals surface area contributed by atoms with Gasteiger partial charge in [0.25, 0.3) is 0 Å². The van der Waals surface area contributed by atoms with Crippen LogP contribution < -0.4 is 0 Å². The van der Waals surface area contributed by atoms with Crippen LogP contribution in [-0.2, 0) is 4.79 Å². The molecule has 1 amide bonds. The topological polar surface area (TPSA) is 60.8 Å². The lowest BCUT2D eigenvalue weighted by Crippen LogP contribution is -2.58. The largest absolute Gasteiger partial charge is 0.396 e. The van der Waals surface area contributed by atoms with Crippen molar-refractivity contribution in [2.45, 2.75) is 70.1 Å². The van der Waals surface area contributed by atoms with E-state index < -0.39 is 17.6 Å². The van der Waals surface area contributed by atoms with Crippen molar-refractivity contribution in [1.82, 2.24) is 4.90 Å². The number of nitrogens with zero attached hydrogens (tertiary/aromatic N) is 1. The molecule has 0 saturated carbocycles. The van der Waals surface area contributed by atoms with Crippen molar-refractivity contribution in [2.24, 2.45) is 5.41 Å². The van der Waals surface area contributed by atoms with E-state index in [2.05, 4.69) is 12.6 Å². The Balaban J connectivity index is 2.21. The molecule has 2 aromatic rings. The SMILES string of the molecule is C=CCC1(C)CC(c2cccc(Cl)c2)C(c2ccc(Cl)cc2)N(C(CC)C(O)CCCO)C1=O. The first-order chi connectivity index (χ1) is 16.3. The van der Waals surface area contributed by atoms with Crippen LogP contribution in [0.25, 0.3) is 0 Å². The zero-order valence-corrected chi connectivity index (χ0v) is 21.5. The molecule has 4 nitrogen and oxygen atoms in total. The Kier molecular flexibility index (Phi) is 9.22. The molecular weight excluding hydrogens is 469 g/mol. The van der Waals surface area contributed by atoms with Crippen LogP contribution in [0, 0.1) is 5.41 Å². The molecule has 34 heavy (non-hydrogen) atoms. The Morgan fingerprint density at radius 3 is 2.47 bits per heavy atom. The summed E-state index contributed by atoms with van der Waals surface area (Å²) < 4.78 is 0. The summed E-state index contributed by atoms with van der Waals surface area (Å²) in [4.78, 5) is 16.1. The lowest BCUT2D eigenvalue weighted by atomic mass is 9.66. The summed E-state index contributed by atoms with van der Waals surface area (Å²) in [5.74, 6) is -0.0258. The first-order valence-electron chi connectivity index (χ1n) is 12.0. The van der Waals surface area contributed by atoms with Crippen molar-refractivity contribution in [2.75, 3.05) is 6.61 Å². The van der Waals surface area contributed by atoms with E-state index in [0.717, 1.165) is 11.1 Å². The number of rotatable bonds is 10. The third-order valence-electron chi connectivity index (χ3n) is 7.06. The number of carbonyl (C=O) groups excluding carboxylic acids is 1. The van der Waals surface area contributed by atoms with E-state index in [0.29, 0.717) is 42.1 Å². The molecule has 6 heteroatoms. The van der Waals surface area contributed by atoms with Crippen LogP contribution in [0.5, 0.6) is 0 Å². The van der Waals surface area contributed by atoms with Gasteiger partial charge < -0.3 is 15.1 Å². The van der Waals surface area contributed by atoms with E-state index in [4.69, 9.17) is 23.2 Å². The highest BCUT2D eigenvalue weighted by atomic mass is 35.5. The highest BCUT2D eigenvalue weighted by Gasteiger charge is 2.51. The minimum absolute atomic E-state index is 0.00136. The molecule has 0 radical (unpaired) electrons. The number of benzene rings is 2. The van der Waals surface area contributed by atoms with Gasteiger partial charge in [0, 0.05) is 22.6 Å². The molecule has 5 unspecified atom stereocenters. The number of piperidine rings is 1. The summed E-state index contributed by atoms with van der Waals surface area (Å²) in [6, 6.07) is 14.7. The zero-order valence-electron chi connectivity index (χ0n) is 20.0. The molecule has 1 fully saturated rings. The van der Waals surface area contributed by atoms with Crippen molar-refractivity contribution in [3.8, 4) is 0 Å². The van der Waals surface area contributed by atoms with Crippen LogP contribution >= 0.6 is 23.2 Å². The second-order valence-corrected chi connectivity index (χ2v) is 10.4. The predicted molar refractivity (Wildman–Crippen MR) is 139 cm³/mol. The number of allylic oxidation sites excluding steroid dienone is 1. The average molecular weight is 504 g/mol. The lowest BCUT2D eigenvalue weighted by molar-refractivity contribution is -0.158. The van der Waals surface area contributed by atoms with Gasteiger partial charge in [-0.1, -0.05) is 67.4 Å². The third-order valence-corrected chi connectivity index (χ3v) is 7.55.